The molecule has 0 radical (unpaired) electrons. The topological polar surface area (TPSA) is 84.6 Å². The number of imidazole rings is 1. The van der Waals surface area contributed by atoms with Gasteiger partial charge in [0.1, 0.15) is 5.82 Å². The molecule has 2 N–H and O–H groups in total. The minimum Gasteiger partial charge on any atom is -0.478 e. The van der Waals surface area contributed by atoms with Crippen molar-refractivity contribution in [1.82, 2.24) is 9.55 Å². The number of fused-ring (bicyclic) bond motifs is 1. The molecule has 0 saturated carbocycles. The van der Waals surface area contributed by atoms with E-state index in [9.17, 15) is 9.90 Å². The second-order valence-electron chi connectivity index (χ2n) is 4.39. The molecular formula is C13H16N2O4. The molecule has 102 valence electrons. The van der Waals surface area contributed by atoms with Gasteiger partial charge in [-0.25, -0.2) is 9.78 Å². The molecule has 19 heavy (non-hydrogen) atoms. The smallest absolute Gasteiger partial charge is 0.335 e. The first-order valence-corrected chi connectivity index (χ1v) is 5.90. The number of rotatable bonds is 5. The van der Waals surface area contributed by atoms with Crippen LogP contribution in [0.3, 0.4) is 0 Å². The highest BCUT2D eigenvalue weighted by Gasteiger charge is 2.13. The van der Waals surface area contributed by atoms with Crippen LogP contribution in [0.5, 0.6) is 0 Å². The lowest BCUT2D eigenvalue weighted by atomic mass is 10.2. The number of aryl methyl sites for hydroxylation is 1. The number of carboxylic acid groups (broad SMARTS) is 1. The van der Waals surface area contributed by atoms with Crippen LogP contribution in [-0.4, -0.2) is 45.6 Å². The third-order valence-corrected chi connectivity index (χ3v) is 2.94. The van der Waals surface area contributed by atoms with Gasteiger partial charge in [-0.05, 0) is 25.1 Å². The number of methoxy groups -OCH3 is 1. The Kier molecular flexibility index (Phi) is 3.82. The van der Waals surface area contributed by atoms with E-state index in [1.807, 2.05) is 11.5 Å². The van der Waals surface area contributed by atoms with Crippen molar-refractivity contribution < 1.29 is 19.7 Å². The first kappa shape index (κ1) is 13.5. The average Bonchev–Trinajstić information content (AvgIpc) is 2.65. The number of hydrogen-bond acceptors (Lipinski definition) is 4. The number of carbonyl (C=O) groups is 1. The van der Waals surface area contributed by atoms with E-state index in [0.717, 1.165) is 11.3 Å². The summed E-state index contributed by atoms with van der Waals surface area (Å²) in [5.74, 6) is -0.249. The summed E-state index contributed by atoms with van der Waals surface area (Å²) in [6.07, 6.45) is -0.625. The molecule has 0 saturated heterocycles. The summed E-state index contributed by atoms with van der Waals surface area (Å²) in [7, 11) is 1.53. The van der Waals surface area contributed by atoms with E-state index in [4.69, 9.17) is 9.84 Å². The third-order valence-electron chi connectivity index (χ3n) is 2.94. The van der Waals surface area contributed by atoms with Crippen LogP contribution in [0.25, 0.3) is 11.0 Å². The molecule has 1 aromatic carbocycles. The largest absolute Gasteiger partial charge is 0.478 e. The Morgan fingerprint density at radius 1 is 1.53 bits per heavy atom. The number of aliphatic hydroxyl groups is 1. The third kappa shape index (κ3) is 2.74. The normalized spacial score (nSPS) is 12.8. The minimum absolute atomic E-state index is 0.203. The SMILES string of the molecule is COCC(O)Cn1c(C)nc2cc(C(=O)O)ccc21. The zero-order valence-electron chi connectivity index (χ0n) is 10.8. The van der Waals surface area contributed by atoms with Gasteiger partial charge in [-0.3, -0.25) is 0 Å². The lowest BCUT2D eigenvalue weighted by Gasteiger charge is -2.12. The van der Waals surface area contributed by atoms with Crippen LogP contribution < -0.4 is 0 Å². The summed E-state index contributed by atoms with van der Waals surface area (Å²) in [4.78, 5) is 15.2. The Morgan fingerprint density at radius 2 is 2.26 bits per heavy atom. The fraction of sp³-hybridized carbons (Fsp3) is 0.385. The highest BCUT2D eigenvalue weighted by Crippen LogP contribution is 2.18. The van der Waals surface area contributed by atoms with Gasteiger partial charge in [-0.2, -0.15) is 0 Å². The number of aromatic carboxylic acids is 1. The molecule has 2 rings (SSSR count). The number of hydrogen-bond donors (Lipinski definition) is 2. The molecule has 1 heterocycles. The summed E-state index contributed by atoms with van der Waals surface area (Å²) in [6, 6.07) is 4.77. The first-order valence-electron chi connectivity index (χ1n) is 5.90. The second kappa shape index (κ2) is 5.38. The Hall–Kier alpha value is -1.92. The highest BCUT2D eigenvalue weighted by molar-refractivity contribution is 5.92. The van der Waals surface area contributed by atoms with Crippen LogP contribution in [-0.2, 0) is 11.3 Å². The summed E-state index contributed by atoms with van der Waals surface area (Å²) in [5, 5.41) is 18.7. The molecule has 1 atom stereocenters. The Morgan fingerprint density at radius 3 is 2.89 bits per heavy atom. The molecule has 0 aliphatic carbocycles. The summed E-state index contributed by atoms with van der Waals surface area (Å²) >= 11 is 0. The van der Waals surface area contributed by atoms with Crippen LogP contribution in [0.4, 0.5) is 0 Å². The molecule has 0 aliphatic heterocycles. The van der Waals surface area contributed by atoms with Crippen molar-refractivity contribution in [2.75, 3.05) is 13.7 Å². The standard InChI is InChI=1S/C13H16N2O4/c1-8-14-11-5-9(13(17)18)3-4-12(11)15(8)6-10(16)7-19-2/h3-5,10,16H,6-7H2,1-2H3,(H,17,18). The van der Waals surface area contributed by atoms with Crippen LogP contribution >= 0.6 is 0 Å². The van der Waals surface area contributed by atoms with Gasteiger partial charge in [-0.15, -0.1) is 0 Å². The second-order valence-corrected chi connectivity index (χ2v) is 4.39. The number of nitrogens with zero attached hydrogens (tertiary/aromatic N) is 2. The van der Waals surface area contributed by atoms with Crippen molar-refractivity contribution in [3.05, 3.63) is 29.6 Å². The Balaban J connectivity index is 2.39. The molecule has 6 heteroatoms. The van der Waals surface area contributed by atoms with Crippen LogP contribution in [0.1, 0.15) is 16.2 Å². The molecular weight excluding hydrogens is 248 g/mol. The van der Waals surface area contributed by atoms with Crippen molar-refractivity contribution in [3.63, 3.8) is 0 Å². The van der Waals surface area contributed by atoms with Crippen LogP contribution in [0.15, 0.2) is 18.2 Å². The molecule has 0 spiro atoms. The van der Waals surface area contributed by atoms with Crippen LogP contribution in [0, 0.1) is 6.92 Å². The molecule has 0 amide bonds. The van der Waals surface area contributed by atoms with Gasteiger partial charge < -0.3 is 19.5 Å². The van der Waals surface area contributed by atoms with E-state index in [-0.39, 0.29) is 12.2 Å². The van der Waals surface area contributed by atoms with Gasteiger partial charge in [0.15, 0.2) is 0 Å². The van der Waals surface area contributed by atoms with Crippen molar-refractivity contribution in [1.29, 1.82) is 0 Å². The van der Waals surface area contributed by atoms with E-state index in [0.29, 0.717) is 12.1 Å². The molecule has 1 aromatic heterocycles. The van der Waals surface area contributed by atoms with Crippen molar-refractivity contribution in [2.24, 2.45) is 0 Å². The maximum Gasteiger partial charge on any atom is 0.335 e. The van der Waals surface area contributed by atoms with E-state index >= 15 is 0 Å². The van der Waals surface area contributed by atoms with Gasteiger partial charge in [0.25, 0.3) is 0 Å². The van der Waals surface area contributed by atoms with Crippen molar-refractivity contribution in [3.8, 4) is 0 Å². The van der Waals surface area contributed by atoms with E-state index in [1.165, 1.54) is 19.2 Å². The molecule has 6 nitrogen and oxygen atoms in total. The zero-order chi connectivity index (χ0) is 14.0. The van der Waals surface area contributed by atoms with E-state index in [1.54, 1.807) is 6.07 Å². The van der Waals surface area contributed by atoms with Gasteiger partial charge in [0, 0.05) is 7.11 Å². The van der Waals surface area contributed by atoms with Gasteiger partial charge in [0.05, 0.1) is 35.9 Å². The highest BCUT2D eigenvalue weighted by atomic mass is 16.5. The zero-order valence-corrected chi connectivity index (χ0v) is 10.8. The van der Waals surface area contributed by atoms with E-state index in [2.05, 4.69) is 4.98 Å². The number of benzene rings is 1. The monoisotopic (exact) mass is 264 g/mol. The maximum atomic E-state index is 10.9. The van der Waals surface area contributed by atoms with Gasteiger partial charge >= 0.3 is 5.97 Å². The molecule has 0 fully saturated rings. The number of aliphatic hydroxyl groups excluding tert-OH is 1. The fourth-order valence-corrected chi connectivity index (χ4v) is 2.07. The van der Waals surface area contributed by atoms with E-state index < -0.39 is 12.1 Å². The van der Waals surface area contributed by atoms with Gasteiger partial charge in [-0.1, -0.05) is 0 Å². The van der Waals surface area contributed by atoms with Gasteiger partial charge in [0.2, 0.25) is 0 Å². The number of aromatic nitrogens is 2. The van der Waals surface area contributed by atoms with Crippen molar-refractivity contribution >= 4 is 17.0 Å². The Labute approximate surface area is 110 Å². The molecule has 0 aliphatic rings. The minimum atomic E-state index is -0.978. The first-order chi connectivity index (χ1) is 9.02. The molecule has 1 unspecified atom stereocenters. The number of carboxylic acids is 1. The summed E-state index contributed by atoms with van der Waals surface area (Å²) < 4.78 is 6.75. The molecule has 0 bridgehead atoms. The quantitative estimate of drug-likeness (QED) is 0.843. The summed E-state index contributed by atoms with van der Waals surface area (Å²) in [6.45, 7) is 2.43. The predicted molar refractivity (Wildman–Crippen MR) is 69.3 cm³/mol. The lowest BCUT2D eigenvalue weighted by molar-refractivity contribution is 0.0540. The predicted octanol–water partition coefficient (Wildman–Crippen LogP) is 1.05. The lowest BCUT2D eigenvalue weighted by Crippen LogP contribution is -2.21. The van der Waals surface area contributed by atoms with Crippen LogP contribution in [0.2, 0.25) is 0 Å². The Bertz CT molecular complexity index is 606. The molecule has 2 aromatic rings. The van der Waals surface area contributed by atoms with Crippen molar-refractivity contribution in [2.45, 2.75) is 19.6 Å². The number of ether oxygens (including phenoxy) is 1. The fourth-order valence-electron chi connectivity index (χ4n) is 2.07. The summed E-state index contributed by atoms with van der Waals surface area (Å²) in [5.41, 5.74) is 1.62. The average molecular weight is 264 g/mol. The maximum absolute atomic E-state index is 10.9.